The number of amides is 3. The second-order valence-electron chi connectivity index (χ2n) is 15.0. The number of nitrogens with zero attached hydrogens (tertiary/aromatic N) is 4. The van der Waals surface area contributed by atoms with Crippen LogP contribution in [-0.2, 0) is 16.2 Å². The summed E-state index contributed by atoms with van der Waals surface area (Å²) in [4.78, 5) is 48.8. The zero-order chi connectivity index (χ0) is 38.9. The molecule has 1 saturated heterocycles. The molecule has 0 aliphatic carbocycles. The molecule has 3 aliphatic rings. The van der Waals surface area contributed by atoms with Crippen molar-refractivity contribution < 1.29 is 23.9 Å². The Labute approximate surface area is 336 Å². The van der Waals surface area contributed by atoms with E-state index in [2.05, 4.69) is 11.0 Å². The molecule has 10 nitrogen and oxygen atoms in total. The zero-order valence-corrected chi connectivity index (χ0v) is 32.9. The molecule has 0 saturated carbocycles. The van der Waals surface area contributed by atoms with Gasteiger partial charge in [0.25, 0.3) is 0 Å². The zero-order valence-electron chi connectivity index (χ0n) is 31.4. The number of fused-ring (bicyclic) bond motifs is 6. The maximum atomic E-state index is 14.0. The number of nitrogen functional groups attached to an aromatic ring is 1. The van der Waals surface area contributed by atoms with Crippen LogP contribution in [0.3, 0.4) is 0 Å². The van der Waals surface area contributed by atoms with E-state index in [1.165, 1.54) is 0 Å². The highest BCUT2D eigenvalue weighted by Gasteiger charge is 2.37. The van der Waals surface area contributed by atoms with Crippen LogP contribution in [0.15, 0.2) is 84.9 Å². The van der Waals surface area contributed by atoms with Crippen LogP contribution in [0.4, 0.5) is 21.9 Å². The number of halogens is 2. The fourth-order valence-electron chi connectivity index (χ4n) is 8.34. The fraction of sp³-hybridized carbons (Fsp3) is 0.341. The Hall–Kier alpha value is -5.03. The van der Waals surface area contributed by atoms with Gasteiger partial charge in [-0.1, -0.05) is 60.7 Å². The van der Waals surface area contributed by atoms with Gasteiger partial charge in [0.1, 0.15) is 18.1 Å². The average molecular weight is 795 g/mol. The molecular weight excluding hydrogens is 749 g/mol. The molecule has 0 spiro atoms. The van der Waals surface area contributed by atoms with Crippen LogP contribution in [-0.4, -0.2) is 85.8 Å². The number of piperazine rings is 1. The summed E-state index contributed by atoms with van der Waals surface area (Å²) in [6.45, 7) is 3.93. The highest BCUT2D eigenvalue weighted by molar-refractivity contribution is 6.19. The first kappa shape index (κ1) is 37.9. The van der Waals surface area contributed by atoms with Crippen molar-refractivity contribution in [2.75, 3.05) is 73.6 Å². The standard InChI is InChI=1S/C44H45Cl2N5O5/c1-48-17-19-49(20-18-48)44(54)56-39-22-37-43(35-10-5-3-8-33(35)39)30(24-46)26-51(37)41(53)12-6-11-40(52)50-25-29(23-45)42-34-9-4-2-7-32(34)38(21-36(42)50)55-27-28-13-15-31(47)16-14-28/h2-5,7-10,13-16,21-22,29-30H,6,11-12,17-20,23-27,47H2,1H3/t29-,30?/m1/s1. The average Bonchev–Trinajstić information content (AvgIpc) is 3.79. The summed E-state index contributed by atoms with van der Waals surface area (Å²) in [7, 11) is 2.03. The molecule has 5 aromatic carbocycles. The van der Waals surface area contributed by atoms with Crippen molar-refractivity contribution in [2.24, 2.45) is 0 Å². The Morgan fingerprint density at radius 2 is 1.20 bits per heavy atom. The third kappa shape index (κ3) is 7.33. The first-order valence-electron chi connectivity index (χ1n) is 19.2. The first-order chi connectivity index (χ1) is 27.2. The van der Waals surface area contributed by atoms with Crippen LogP contribution in [0.1, 0.15) is 47.8 Å². The van der Waals surface area contributed by atoms with Crippen molar-refractivity contribution in [3.05, 3.63) is 102 Å². The summed E-state index contributed by atoms with van der Waals surface area (Å²) in [5, 5.41) is 3.68. The van der Waals surface area contributed by atoms with Gasteiger partial charge in [-0.3, -0.25) is 9.59 Å². The molecule has 56 heavy (non-hydrogen) atoms. The van der Waals surface area contributed by atoms with E-state index in [9.17, 15) is 14.4 Å². The predicted octanol–water partition coefficient (Wildman–Crippen LogP) is 8.11. The number of hydrogen-bond acceptors (Lipinski definition) is 7. The second-order valence-corrected chi connectivity index (χ2v) is 15.6. The van der Waals surface area contributed by atoms with Crippen LogP contribution < -0.4 is 25.0 Å². The molecule has 12 heteroatoms. The molecule has 0 aromatic heterocycles. The van der Waals surface area contributed by atoms with Crippen LogP contribution in [0.5, 0.6) is 11.5 Å². The molecule has 0 bridgehead atoms. The van der Waals surface area contributed by atoms with E-state index >= 15 is 0 Å². The van der Waals surface area contributed by atoms with Gasteiger partial charge in [-0.05, 0) is 53.1 Å². The molecule has 2 atom stereocenters. The lowest BCUT2D eigenvalue weighted by molar-refractivity contribution is -0.119. The monoisotopic (exact) mass is 793 g/mol. The summed E-state index contributed by atoms with van der Waals surface area (Å²) < 4.78 is 12.4. The van der Waals surface area contributed by atoms with E-state index in [4.69, 9.17) is 38.4 Å². The van der Waals surface area contributed by atoms with Crippen molar-refractivity contribution in [1.82, 2.24) is 9.80 Å². The Balaban J connectivity index is 0.994. The number of anilines is 3. The van der Waals surface area contributed by atoms with Crippen LogP contribution >= 0.6 is 23.2 Å². The van der Waals surface area contributed by atoms with Gasteiger partial charge in [0, 0.05) is 104 Å². The number of carbonyl (C=O) groups is 3. The third-order valence-electron chi connectivity index (χ3n) is 11.3. The van der Waals surface area contributed by atoms with Gasteiger partial charge >= 0.3 is 6.09 Å². The Morgan fingerprint density at radius 3 is 1.73 bits per heavy atom. The minimum atomic E-state index is -0.403. The van der Waals surface area contributed by atoms with E-state index in [0.29, 0.717) is 73.8 Å². The maximum Gasteiger partial charge on any atom is 0.415 e. The number of nitrogens with two attached hydrogens (primary N) is 1. The number of hydrogen-bond donors (Lipinski definition) is 1. The summed E-state index contributed by atoms with van der Waals surface area (Å²) in [5.41, 5.74) is 11.1. The normalized spacial score (nSPS) is 18.0. The molecule has 8 rings (SSSR count). The maximum absolute atomic E-state index is 14.0. The van der Waals surface area contributed by atoms with E-state index in [0.717, 1.165) is 57.0 Å². The summed E-state index contributed by atoms with van der Waals surface area (Å²) in [5.74, 6) is 1.47. The Bertz CT molecular complexity index is 2290. The minimum absolute atomic E-state index is 0.0451. The van der Waals surface area contributed by atoms with Crippen molar-refractivity contribution in [1.29, 1.82) is 0 Å². The van der Waals surface area contributed by atoms with Crippen molar-refractivity contribution in [2.45, 2.75) is 37.7 Å². The lowest BCUT2D eigenvalue weighted by Gasteiger charge is -2.31. The van der Waals surface area contributed by atoms with Crippen LogP contribution in [0.25, 0.3) is 21.5 Å². The number of rotatable bonds is 10. The first-order valence-corrected chi connectivity index (χ1v) is 20.3. The lowest BCUT2D eigenvalue weighted by Crippen LogP contribution is -2.48. The van der Waals surface area contributed by atoms with Gasteiger partial charge in [0.05, 0.1) is 11.4 Å². The smallest absolute Gasteiger partial charge is 0.415 e. The van der Waals surface area contributed by atoms with Crippen molar-refractivity contribution in [3.63, 3.8) is 0 Å². The summed E-state index contributed by atoms with van der Waals surface area (Å²) in [6.07, 6.45) is 0.301. The molecule has 1 fully saturated rings. The minimum Gasteiger partial charge on any atom is -0.488 e. The van der Waals surface area contributed by atoms with E-state index in [1.54, 1.807) is 14.7 Å². The summed E-state index contributed by atoms with van der Waals surface area (Å²) in [6, 6.07) is 27.2. The Kier molecular flexibility index (Phi) is 11.0. The largest absolute Gasteiger partial charge is 0.488 e. The number of carbonyl (C=O) groups excluding carboxylic acids is 3. The molecule has 5 aromatic rings. The molecule has 290 valence electrons. The number of benzene rings is 5. The highest BCUT2D eigenvalue weighted by atomic mass is 35.5. The van der Waals surface area contributed by atoms with Crippen molar-refractivity contribution in [3.8, 4) is 11.5 Å². The molecular formula is C44H45Cl2N5O5. The fourth-order valence-corrected chi connectivity index (χ4v) is 8.84. The van der Waals surface area contributed by atoms with Crippen molar-refractivity contribution >= 4 is 79.7 Å². The van der Waals surface area contributed by atoms with Gasteiger partial charge in [-0.2, -0.15) is 0 Å². The van der Waals surface area contributed by atoms with Gasteiger partial charge in [0.15, 0.2) is 0 Å². The number of alkyl halides is 2. The SMILES string of the molecule is CN1CCN(C(=O)Oc2cc3c(c4ccccc24)C(CCl)CN3C(=O)CCCC(=O)N2C[C@@H](CCl)c3c2cc(OCc2ccc(N)cc2)c2ccccc32)CC1. The highest BCUT2D eigenvalue weighted by Crippen LogP contribution is 2.47. The third-order valence-corrected chi connectivity index (χ3v) is 12.1. The number of ether oxygens (including phenoxy) is 2. The molecule has 1 unspecified atom stereocenters. The topological polar surface area (TPSA) is 109 Å². The quantitative estimate of drug-likeness (QED) is 0.112. The van der Waals surface area contributed by atoms with E-state index in [1.807, 2.05) is 85.9 Å². The summed E-state index contributed by atoms with van der Waals surface area (Å²) >= 11 is 13.1. The molecule has 3 heterocycles. The second kappa shape index (κ2) is 16.2. The Morgan fingerprint density at radius 1 is 0.696 bits per heavy atom. The van der Waals surface area contributed by atoms with Crippen LogP contribution in [0, 0.1) is 0 Å². The van der Waals surface area contributed by atoms with E-state index in [-0.39, 0.29) is 36.5 Å². The predicted molar refractivity (Wildman–Crippen MR) is 224 cm³/mol. The van der Waals surface area contributed by atoms with E-state index < -0.39 is 6.09 Å². The molecule has 0 radical (unpaired) electrons. The van der Waals surface area contributed by atoms with Gasteiger partial charge in [-0.25, -0.2) is 4.79 Å². The molecule has 2 N–H and O–H groups in total. The van der Waals surface area contributed by atoms with Gasteiger partial charge < -0.3 is 34.8 Å². The number of likely N-dealkylation sites (N-methyl/N-ethyl adjacent to an activating group) is 1. The lowest BCUT2D eigenvalue weighted by atomic mass is 9.95. The molecule has 3 aliphatic heterocycles. The molecule has 3 amide bonds. The van der Waals surface area contributed by atoms with Gasteiger partial charge in [0.2, 0.25) is 11.8 Å². The van der Waals surface area contributed by atoms with Gasteiger partial charge in [-0.15, -0.1) is 23.2 Å². The van der Waals surface area contributed by atoms with Crippen LogP contribution in [0.2, 0.25) is 0 Å².